The van der Waals surface area contributed by atoms with Gasteiger partial charge in [-0.2, -0.15) is 0 Å². The van der Waals surface area contributed by atoms with Gasteiger partial charge in [0.25, 0.3) is 0 Å². The summed E-state index contributed by atoms with van der Waals surface area (Å²) in [4.78, 5) is 0. The van der Waals surface area contributed by atoms with Crippen LogP contribution in [0.1, 0.15) is 111 Å². The lowest BCUT2D eigenvalue weighted by atomic mass is 9.48. The second kappa shape index (κ2) is 8.97. The molecule has 200 valence electrons. The zero-order chi connectivity index (χ0) is 27.6. The van der Waals surface area contributed by atoms with Crippen LogP contribution in [0.25, 0.3) is 0 Å². The average molecular weight is 521 g/mol. The zero-order valence-electron chi connectivity index (χ0n) is 24.5. The molecule has 0 nitrogen and oxygen atoms in total. The Kier molecular flexibility index (Phi) is 5.70. The van der Waals surface area contributed by atoms with Gasteiger partial charge in [0.05, 0.1) is 0 Å². The maximum absolute atomic E-state index is 3.56. The van der Waals surface area contributed by atoms with Crippen molar-refractivity contribution in [2.45, 2.75) is 82.5 Å². The van der Waals surface area contributed by atoms with E-state index in [-0.39, 0.29) is 21.7 Å². The van der Waals surface area contributed by atoms with Crippen molar-refractivity contribution in [2.75, 3.05) is 0 Å². The first-order valence-electron chi connectivity index (χ1n) is 15.5. The fraction of sp³-hybridized carbons (Fsp3) is 0.350. The van der Waals surface area contributed by atoms with Crippen molar-refractivity contribution >= 4 is 0 Å². The van der Waals surface area contributed by atoms with Crippen LogP contribution in [0.15, 0.2) is 97.1 Å². The van der Waals surface area contributed by atoms with E-state index in [2.05, 4.69) is 137 Å². The van der Waals surface area contributed by atoms with E-state index < -0.39 is 0 Å². The van der Waals surface area contributed by atoms with E-state index in [9.17, 15) is 0 Å². The standard InChI is InChI=1S/C40H40/c1-5-25-38-31-17-11-12-18-32(31)39(26-6-2)35-24-23-30(22-21-29-15-9-8-10-16-29)28-36(35)40(27-7-3,37(38,39)4)34-20-14-13-19-33(34)38/h8-20,23-24,28H,5-7,25-27H2,1-4H3/t37-,38+,39-,40+/m0/s1. The molecule has 0 heterocycles. The van der Waals surface area contributed by atoms with Crippen LogP contribution in [0.4, 0.5) is 0 Å². The molecule has 0 N–H and O–H groups in total. The SMILES string of the molecule is CCC[C@@]12c3ccccc3[C@@]3(CCC)c4ccc(C#Cc5ccccc5)cc4[C@@](CCC)(c4ccccc41)[C@@]23C. The van der Waals surface area contributed by atoms with Gasteiger partial charge in [0.2, 0.25) is 0 Å². The van der Waals surface area contributed by atoms with E-state index in [4.69, 9.17) is 0 Å². The molecule has 40 heavy (non-hydrogen) atoms. The normalized spacial score (nSPS) is 28.3. The summed E-state index contributed by atoms with van der Waals surface area (Å²) >= 11 is 0. The second-order valence-electron chi connectivity index (χ2n) is 12.6. The van der Waals surface area contributed by atoms with Crippen LogP contribution in [-0.2, 0) is 16.2 Å². The Balaban J connectivity index is 1.62. The van der Waals surface area contributed by atoms with Crippen LogP contribution in [0.3, 0.4) is 0 Å². The molecule has 0 fully saturated rings. The van der Waals surface area contributed by atoms with Crippen LogP contribution in [0.5, 0.6) is 0 Å². The van der Waals surface area contributed by atoms with Crippen LogP contribution in [-0.4, -0.2) is 0 Å². The first kappa shape index (κ1) is 25.4. The molecule has 0 saturated heterocycles. The molecule has 0 heteroatoms. The summed E-state index contributed by atoms with van der Waals surface area (Å²) in [5.41, 5.74) is 11.6. The lowest BCUT2D eigenvalue weighted by Crippen LogP contribution is -2.54. The van der Waals surface area contributed by atoms with E-state index >= 15 is 0 Å². The molecule has 0 aromatic heterocycles. The van der Waals surface area contributed by atoms with E-state index in [1.807, 2.05) is 0 Å². The molecule has 4 aromatic carbocycles. The van der Waals surface area contributed by atoms with Crippen molar-refractivity contribution in [1.82, 2.24) is 0 Å². The lowest BCUT2D eigenvalue weighted by Gasteiger charge is -2.53. The zero-order valence-corrected chi connectivity index (χ0v) is 24.5. The molecule has 7 rings (SSSR count). The molecule has 0 spiro atoms. The van der Waals surface area contributed by atoms with Crippen molar-refractivity contribution in [1.29, 1.82) is 0 Å². The van der Waals surface area contributed by atoms with E-state index in [1.54, 1.807) is 33.4 Å². The highest BCUT2D eigenvalue weighted by molar-refractivity contribution is 5.78. The maximum Gasteiger partial charge on any atom is 0.0286 e. The summed E-state index contributed by atoms with van der Waals surface area (Å²) in [6.45, 7) is 9.88. The molecular formula is C40H40. The van der Waals surface area contributed by atoms with E-state index in [0.29, 0.717) is 0 Å². The summed E-state index contributed by atoms with van der Waals surface area (Å²) < 4.78 is 0. The third-order valence-corrected chi connectivity index (χ3v) is 11.2. The first-order valence-corrected chi connectivity index (χ1v) is 15.5. The van der Waals surface area contributed by atoms with Crippen molar-refractivity contribution in [3.05, 3.63) is 142 Å². The molecule has 4 aromatic rings. The summed E-state index contributed by atoms with van der Waals surface area (Å²) in [5.74, 6) is 7.01. The topological polar surface area (TPSA) is 0 Å². The van der Waals surface area contributed by atoms with E-state index in [1.165, 1.54) is 25.7 Å². The predicted octanol–water partition coefficient (Wildman–Crippen LogP) is 9.69. The first-order chi connectivity index (χ1) is 19.6. The molecule has 0 radical (unpaired) electrons. The molecule has 0 amide bonds. The molecule has 3 aliphatic carbocycles. The fourth-order valence-corrected chi connectivity index (χ4v) is 10.3. The predicted molar refractivity (Wildman–Crippen MR) is 167 cm³/mol. The Labute approximate surface area is 240 Å². The number of rotatable bonds is 6. The molecule has 4 atom stereocenters. The second-order valence-corrected chi connectivity index (χ2v) is 12.6. The highest BCUT2D eigenvalue weighted by Crippen LogP contribution is 2.84. The Morgan fingerprint density at radius 3 is 1.32 bits per heavy atom. The number of fused-ring (bicyclic) bond motifs is 9. The molecule has 0 unspecified atom stereocenters. The quantitative estimate of drug-likeness (QED) is 0.222. The third-order valence-electron chi connectivity index (χ3n) is 11.2. The average Bonchev–Trinajstić information content (AvgIpc) is 3.40. The van der Waals surface area contributed by atoms with Gasteiger partial charge < -0.3 is 0 Å². The molecule has 0 saturated carbocycles. The summed E-state index contributed by atoms with van der Waals surface area (Å²) in [6.07, 6.45) is 7.02. The summed E-state index contributed by atoms with van der Waals surface area (Å²) in [5, 5.41) is 0. The van der Waals surface area contributed by atoms with Gasteiger partial charge in [-0.3, -0.25) is 0 Å². The minimum Gasteiger partial charge on any atom is -0.0653 e. The molecule has 3 aliphatic rings. The lowest BCUT2D eigenvalue weighted by molar-refractivity contribution is 0.0540. The van der Waals surface area contributed by atoms with Crippen LogP contribution < -0.4 is 0 Å². The van der Waals surface area contributed by atoms with Crippen LogP contribution in [0.2, 0.25) is 0 Å². The van der Waals surface area contributed by atoms with Gasteiger partial charge in [0, 0.05) is 32.8 Å². The van der Waals surface area contributed by atoms with Gasteiger partial charge in [0.15, 0.2) is 0 Å². The summed E-state index contributed by atoms with van der Waals surface area (Å²) in [6, 6.07) is 36.8. The van der Waals surface area contributed by atoms with Gasteiger partial charge in [-0.15, -0.1) is 0 Å². The maximum atomic E-state index is 3.56. The third kappa shape index (κ3) is 2.70. The van der Waals surface area contributed by atoms with Crippen LogP contribution >= 0.6 is 0 Å². The highest BCUT2D eigenvalue weighted by Gasteiger charge is 2.82. The minimum atomic E-state index is -0.0541. The Hall–Kier alpha value is -3.56. The Bertz CT molecular complexity index is 1660. The number of benzene rings is 4. The fourth-order valence-electron chi connectivity index (χ4n) is 10.3. The highest BCUT2D eigenvalue weighted by atomic mass is 14.8. The van der Waals surface area contributed by atoms with Crippen molar-refractivity contribution < 1.29 is 0 Å². The Morgan fingerprint density at radius 2 is 0.850 bits per heavy atom. The van der Waals surface area contributed by atoms with Crippen molar-refractivity contribution in [3.8, 4) is 11.8 Å². The van der Waals surface area contributed by atoms with Crippen molar-refractivity contribution in [2.24, 2.45) is 5.41 Å². The van der Waals surface area contributed by atoms with Gasteiger partial charge in [-0.1, -0.05) is 132 Å². The monoisotopic (exact) mass is 520 g/mol. The largest absolute Gasteiger partial charge is 0.0653 e. The van der Waals surface area contributed by atoms with Gasteiger partial charge >= 0.3 is 0 Å². The number of hydrogen-bond acceptors (Lipinski definition) is 0. The molecule has 0 bridgehead atoms. The number of hydrogen-bond donors (Lipinski definition) is 0. The van der Waals surface area contributed by atoms with Crippen LogP contribution in [0, 0.1) is 17.3 Å². The van der Waals surface area contributed by atoms with Gasteiger partial charge in [-0.05, 0) is 76.9 Å². The summed E-state index contributed by atoms with van der Waals surface area (Å²) in [7, 11) is 0. The van der Waals surface area contributed by atoms with E-state index in [0.717, 1.165) is 24.0 Å². The van der Waals surface area contributed by atoms with Gasteiger partial charge in [-0.25, -0.2) is 0 Å². The van der Waals surface area contributed by atoms with Crippen molar-refractivity contribution in [3.63, 3.8) is 0 Å². The minimum absolute atomic E-state index is 0.00578. The molecular weight excluding hydrogens is 480 g/mol. The van der Waals surface area contributed by atoms with Gasteiger partial charge in [0.1, 0.15) is 0 Å². The molecule has 0 aliphatic heterocycles. The smallest absolute Gasteiger partial charge is 0.0286 e. The Morgan fingerprint density at radius 1 is 0.450 bits per heavy atom.